The van der Waals surface area contributed by atoms with E-state index in [1.54, 1.807) is 6.07 Å². The van der Waals surface area contributed by atoms with Crippen LogP contribution in [0.3, 0.4) is 0 Å². The molecular weight excluding hydrogens is 205 g/mol. The molecule has 0 amide bonds. The fourth-order valence-electron chi connectivity index (χ4n) is 1.70. The van der Waals surface area contributed by atoms with Crippen LogP contribution in [0.1, 0.15) is 19.1 Å². The number of hydrogen-bond donors (Lipinski definition) is 1. The summed E-state index contributed by atoms with van der Waals surface area (Å²) in [5, 5.41) is 4.02. The van der Waals surface area contributed by atoms with Crippen LogP contribution in [0.5, 0.6) is 0 Å². The van der Waals surface area contributed by atoms with E-state index in [1.165, 1.54) is 12.1 Å². The topological polar surface area (TPSA) is 25.2 Å². The average Bonchev–Trinajstić information content (AvgIpc) is 2.67. The van der Waals surface area contributed by atoms with Gasteiger partial charge in [-0.2, -0.15) is 0 Å². The van der Waals surface area contributed by atoms with Crippen molar-refractivity contribution in [3.05, 3.63) is 35.8 Å². The second-order valence-corrected chi connectivity index (χ2v) is 4.12. The Hall–Kier alpha value is -1.35. The first-order valence-corrected chi connectivity index (χ1v) is 5.54. The largest absolute Gasteiger partial charge is 0.461 e. The molecule has 0 aliphatic rings. The lowest BCUT2D eigenvalue weighted by Crippen LogP contribution is -2.21. The fraction of sp³-hybridized carbons (Fsp3) is 0.385. The van der Waals surface area contributed by atoms with Crippen LogP contribution in [0.4, 0.5) is 4.39 Å². The van der Waals surface area contributed by atoms with Gasteiger partial charge in [0.15, 0.2) is 0 Å². The lowest BCUT2D eigenvalue weighted by molar-refractivity contribution is 0.497. The summed E-state index contributed by atoms with van der Waals surface area (Å²) in [4.78, 5) is 0. The van der Waals surface area contributed by atoms with Crippen LogP contribution in [0.15, 0.2) is 28.7 Å². The van der Waals surface area contributed by atoms with Crippen molar-refractivity contribution in [2.24, 2.45) is 0 Å². The Labute approximate surface area is 94.4 Å². The van der Waals surface area contributed by atoms with E-state index in [0.717, 1.165) is 29.6 Å². The molecule has 1 heterocycles. The number of nitrogens with one attached hydrogen (secondary N) is 1. The van der Waals surface area contributed by atoms with Gasteiger partial charge in [0.25, 0.3) is 0 Å². The van der Waals surface area contributed by atoms with E-state index in [1.807, 2.05) is 13.1 Å². The molecule has 2 nitrogen and oxygen atoms in total. The maximum absolute atomic E-state index is 13.0. The average molecular weight is 221 g/mol. The highest BCUT2D eigenvalue weighted by Gasteiger charge is 2.06. The second kappa shape index (κ2) is 4.66. The van der Waals surface area contributed by atoms with E-state index in [9.17, 15) is 4.39 Å². The zero-order chi connectivity index (χ0) is 11.5. The molecular formula is C13H16FNO. The van der Waals surface area contributed by atoms with Gasteiger partial charge in [-0.3, -0.25) is 0 Å². The van der Waals surface area contributed by atoms with Crippen molar-refractivity contribution >= 4 is 11.0 Å². The van der Waals surface area contributed by atoms with E-state index >= 15 is 0 Å². The normalized spacial score (nSPS) is 13.2. The van der Waals surface area contributed by atoms with Gasteiger partial charge in [-0.1, -0.05) is 0 Å². The number of halogens is 1. The zero-order valence-corrected chi connectivity index (χ0v) is 9.59. The van der Waals surface area contributed by atoms with Gasteiger partial charge in [0.05, 0.1) is 0 Å². The Morgan fingerprint density at radius 3 is 2.94 bits per heavy atom. The Morgan fingerprint density at radius 2 is 2.19 bits per heavy atom. The molecule has 16 heavy (non-hydrogen) atoms. The van der Waals surface area contributed by atoms with Gasteiger partial charge in [0, 0.05) is 17.8 Å². The first-order chi connectivity index (χ1) is 7.69. The molecule has 0 saturated heterocycles. The van der Waals surface area contributed by atoms with Gasteiger partial charge >= 0.3 is 0 Å². The molecule has 0 fully saturated rings. The van der Waals surface area contributed by atoms with Crippen LogP contribution in [0, 0.1) is 5.82 Å². The van der Waals surface area contributed by atoms with Crippen molar-refractivity contribution in [1.29, 1.82) is 0 Å². The molecule has 0 aliphatic carbocycles. The molecule has 1 N–H and O–H groups in total. The minimum absolute atomic E-state index is 0.219. The van der Waals surface area contributed by atoms with Crippen LogP contribution >= 0.6 is 0 Å². The highest BCUT2D eigenvalue weighted by Crippen LogP contribution is 2.21. The predicted molar refractivity (Wildman–Crippen MR) is 63.0 cm³/mol. The Balaban J connectivity index is 2.13. The number of benzene rings is 1. The molecule has 2 aromatic rings. The summed E-state index contributed by atoms with van der Waals surface area (Å²) in [7, 11) is 1.94. The van der Waals surface area contributed by atoms with Crippen molar-refractivity contribution in [3.63, 3.8) is 0 Å². The summed E-state index contributed by atoms with van der Waals surface area (Å²) in [6.45, 7) is 2.13. The number of rotatable bonds is 4. The summed E-state index contributed by atoms with van der Waals surface area (Å²) in [6.07, 6.45) is 1.89. The quantitative estimate of drug-likeness (QED) is 0.858. The summed E-state index contributed by atoms with van der Waals surface area (Å²) >= 11 is 0. The molecule has 0 radical (unpaired) electrons. The number of furan rings is 1. The number of aryl methyl sites for hydroxylation is 1. The molecule has 1 unspecified atom stereocenters. The molecule has 86 valence electrons. The maximum atomic E-state index is 13.0. The summed E-state index contributed by atoms with van der Waals surface area (Å²) in [5.41, 5.74) is 0.758. The van der Waals surface area contributed by atoms with Crippen LogP contribution < -0.4 is 5.32 Å². The van der Waals surface area contributed by atoms with Crippen molar-refractivity contribution in [2.75, 3.05) is 7.05 Å². The van der Waals surface area contributed by atoms with Crippen LogP contribution in [-0.4, -0.2) is 13.1 Å². The monoisotopic (exact) mass is 221 g/mol. The van der Waals surface area contributed by atoms with Gasteiger partial charge in [-0.25, -0.2) is 4.39 Å². The van der Waals surface area contributed by atoms with E-state index in [0.29, 0.717) is 6.04 Å². The van der Waals surface area contributed by atoms with Gasteiger partial charge in [-0.15, -0.1) is 0 Å². The molecule has 1 aromatic heterocycles. The SMILES string of the molecule is CNC(C)CCc1cc2cc(F)ccc2o1. The molecule has 0 bridgehead atoms. The van der Waals surface area contributed by atoms with Crippen molar-refractivity contribution in [3.8, 4) is 0 Å². The van der Waals surface area contributed by atoms with Crippen molar-refractivity contribution < 1.29 is 8.81 Å². The summed E-state index contributed by atoms with van der Waals surface area (Å²) in [5.74, 6) is 0.700. The van der Waals surface area contributed by atoms with Gasteiger partial charge < -0.3 is 9.73 Å². The Kier molecular flexibility index (Phi) is 3.25. The van der Waals surface area contributed by atoms with Crippen molar-refractivity contribution in [1.82, 2.24) is 5.32 Å². The van der Waals surface area contributed by atoms with Crippen LogP contribution in [-0.2, 0) is 6.42 Å². The molecule has 2 rings (SSSR count). The minimum Gasteiger partial charge on any atom is -0.461 e. The molecule has 0 aliphatic heterocycles. The van der Waals surface area contributed by atoms with Gasteiger partial charge in [-0.05, 0) is 44.7 Å². The fourth-order valence-corrected chi connectivity index (χ4v) is 1.70. The Morgan fingerprint density at radius 1 is 1.38 bits per heavy atom. The lowest BCUT2D eigenvalue weighted by Gasteiger charge is -2.07. The second-order valence-electron chi connectivity index (χ2n) is 4.12. The van der Waals surface area contributed by atoms with Gasteiger partial charge in [0.2, 0.25) is 0 Å². The molecule has 0 spiro atoms. The van der Waals surface area contributed by atoms with E-state index < -0.39 is 0 Å². The predicted octanol–water partition coefficient (Wildman–Crippen LogP) is 3.11. The van der Waals surface area contributed by atoms with Gasteiger partial charge in [0.1, 0.15) is 17.2 Å². The van der Waals surface area contributed by atoms with Crippen LogP contribution in [0.25, 0.3) is 11.0 Å². The first-order valence-electron chi connectivity index (χ1n) is 5.54. The molecule has 0 saturated carbocycles. The van der Waals surface area contributed by atoms with Crippen molar-refractivity contribution in [2.45, 2.75) is 25.8 Å². The van der Waals surface area contributed by atoms with Crippen LogP contribution in [0.2, 0.25) is 0 Å². The maximum Gasteiger partial charge on any atom is 0.134 e. The molecule has 3 heteroatoms. The third-order valence-electron chi connectivity index (χ3n) is 2.85. The summed E-state index contributed by atoms with van der Waals surface area (Å²) < 4.78 is 18.6. The van der Waals surface area contributed by atoms with E-state index in [2.05, 4.69) is 12.2 Å². The summed E-state index contributed by atoms with van der Waals surface area (Å²) in [6, 6.07) is 6.98. The number of fused-ring (bicyclic) bond motifs is 1. The highest BCUT2D eigenvalue weighted by atomic mass is 19.1. The zero-order valence-electron chi connectivity index (χ0n) is 9.59. The van der Waals surface area contributed by atoms with E-state index in [4.69, 9.17) is 4.42 Å². The minimum atomic E-state index is -0.219. The number of hydrogen-bond acceptors (Lipinski definition) is 2. The standard InChI is InChI=1S/C13H16FNO/c1-9(15-2)3-5-12-8-10-7-11(14)4-6-13(10)16-12/h4,6-9,15H,3,5H2,1-2H3. The highest BCUT2D eigenvalue weighted by molar-refractivity contribution is 5.77. The van der Waals surface area contributed by atoms with E-state index in [-0.39, 0.29) is 5.82 Å². The lowest BCUT2D eigenvalue weighted by atomic mass is 10.1. The first kappa shape index (κ1) is 11.1. The third-order valence-corrected chi connectivity index (χ3v) is 2.85. The smallest absolute Gasteiger partial charge is 0.134 e. The third kappa shape index (κ3) is 2.42. The molecule has 1 atom stereocenters. The molecule has 1 aromatic carbocycles. The Bertz CT molecular complexity index is 478.